The maximum Gasteiger partial charge on any atom is 0.134 e. The number of nitrogens with one attached hydrogen (secondary N) is 1. The molecule has 1 atom stereocenters. The number of phenols is 1. The first-order chi connectivity index (χ1) is 9.16. The van der Waals surface area contributed by atoms with Gasteiger partial charge in [-0.3, -0.25) is 4.90 Å². The molecule has 1 aliphatic carbocycles. The van der Waals surface area contributed by atoms with Gasteiger partial charge in [0, 0.05) is 42.8 Å². The van der Waals surface area contributed by atoms with Crippen LogP contribution in [-0.4, -0.2) is 36.2 Å². The number of hydrogen-bond donors (Lipinski definition) is 2. The van der Waals surface area contributed by atoms with Gasteiger partial charge in [-0.1, -0.05) is 11.6 Å². The molecular formula is C14H18BrClN2O. The van der Waals surface area contributed by atoms with Crippen molar-refractivity contribution < 1.29 is 5.11 Å². The standard InChI is InChI=1S/C14H18BrClN2O/c15-12-8-10(16)7-11(14(12)19)13(9-1-2-9)18-5-3-17-4-6-18/h7-9,13,17,19H,1-6H2/t13-/m0/s1. The molecular weight excluding hydrogens is 328 g/mol. The molecule has 1 aromatic rings. The van der Waals surface area contributed by atoms with Gasteiger partial charge in [-0.25, -0.2) is 0 Å². The zero-order valence-corrected chi connectivity index (χ0v) is 13.0. The minimum Gasteiger partial charge on any atom is -0.506 e. The largest absolute Gasteiger partial charge is 0.506 e. The molecule has 0 radical (unpaired) electrons. The molecule has 3 rings (SSSR count). The van der Waals surface area contributed by atoms with Gasteiger partial charge >= 0.3 is 0 Å². The Bertz CT molecular complexity index is 473. The lowest BCUT2D eigenvalue weighted by molar-refractivity contribution is 0.153. The lowest BCUT2D eigenvalue weighted by Gasteiger charge is -2.36. The van der Waals surface area contributed by atoms with Crippen molar-refractivity contribution >= 4 is 27.5 Å². The van der Waals surface area contributed by atoms with Crippen molar-refractivity contribution in [3.63, 3.8) is 0 Å². The number of aromatic hydroxyl groups is 1. The van der Waals surface area contributed by atoms with Crippen LogP contribution >= 0.6 is 27.5 Å². The molecule has 1 aromatic carbocycles. The first-order valence-corrected chi connectivity index (χ1v) is 7.96. The third-order valence-electron chi connectivity index (χ3n) is 3.99. The summed E-state index contributed by atoms with van der Waals surface area (Å²) in [6.07, 6.45) is 2.50. The second-order valence-electron chi connectivity index (χ2n) is 5.39. The summed E-state index contributed by atoms with van der Waals surface area (Å²) in [4.78, 5) is 2.48. The number of phenolic OH excluding ortho intramolecular Hbond substituents is 1. The van der Waals surface area contributed by atoms with E-state index in [0.717, 1.165) is 31.7 Å². The topological polar surface area (TPSA) is 35.5 Å². The quantitative estimate of drug-likeness (QED) is 0.883. The van der Waals surface area contributed by atoms with Gasteiger partial charge in [-0.15, -0.1) is 0 Å². The summed E-state index contributed by atoms with van der Waals surface area (Å²) in [7, 11) is 0. The Hall–Kier alpha value is -0.290. The fourth-order valence-corrected chi connectivity index (χ4v) is 3.77. The van der Waals surface area contributed by atoms with Gasteiger partial charge in [0.05, 0.1) is 4.47 Å². The van der Waals surface area contributed by atoms with Gasteiger partial charge in [0.1, 0.15) is 5.75 Å². The van der Waals surface area contributed by atoms with E-state index in [0.29, 0.717) is 27.2 Å². The van der Waals surface area contributed by atoms with Crippen LogP contribution in [0, 0.1) is 5.92 Å². The fraction of sp³-hybridized carbons (Fsp3) is 0.571. The monoisotopic (exact) mass is 344 g/mol. The molecule has 1 saturated heterocycles. The van der Waals surface area contributed by atoms with Gasteiger partial charge < -0.3 is 10.4 Å². The second-order valence-corrected chi connectivity index (χ2v) is 6.68. The van der Waals surface area contributed by atoms with Crippen LogP contribution in [0.1, 0.15) is 24.4 Å². The molecule has 5 heteroatoms. The van der Waals surface area contributed by atoms with Crippen LogP contribution in [0.2, 0.25) is 5.02 Å². The van der Waals surface area contributed by atoms with E-state index in [2.05, 4.69) is 26.1 Å². The molecule has 0 spiro atoms. The molecule has 1 heterocycles. The lowest BCUT2D eigenvalue weighted by Crippen LogP contribution is -2.45. The van der Waals surface area contributed by atoms with Crippen LogP contribution in [0.25, 0.3) is 0 Å². The molecule has 1 saturated carbocycles. The molecule has 2 aliphatic rings. The molecule has 1 aliphatic heterocycles. The van der Waals surface area contributed by atoms with Gasteiger partial charge in [-0.05, 0) is 46.8 Å². The molecule has 3 nitrogen and oxygen atoms in total. The normalized spacial score (nSPS) is 22.4. The minimum atomic E-state index is 0.303. The third kappa shape index (κ3) is 2.92. The van der Waals surface area contributed by atoms with Crippen LogP contribution in [0.5, 0.6) is 5.75 Å². The Labute approximate surface area is 127 Å². The van der Waals surface area contributed by atoms with E-state index in [4.69, 9.17) is 11.6 Å². The fourth-order valence-electron chi connectivity index (χ4n) is 2.93. The van der Waals surface area contributed by atoms with Crippen LogP contribution in [0.3, 0.4) is 0 Å². The first-order valence-electron chi connectivity index (χ1n) is 6.79. The highest BCUT2D eigenvalue weighted by molar-refractivity contribution is 9.10. The van der Waals surface area contributed by atoms with Crippen LogP contribution in [0.15, 0.2) is 16.6 Å². The van der Waals surface area contributed by atoms with Gasteiger partial charge in [0.25, 0.3) is 0 Å². The van der Waals surface area contributed by atoms with Crippen LogP contribution in [-0.2, 0) is 0 Å². The Balaban J connectivity index is 1.95. The summed E-state index contributed by atoms with van der Waals surface area (Å²) in [6.45, 7) is 4.10. The molecule has 104 valence electrons. The van der Waals surface area contributed by atoms with E-state index in [1.54, 1.807) is 6.07 Å². The van der Waals surface area contributed by atoms with E-state index in [9.17, 15) is 5.11 Å². The zero-order valence-electron chi connectivity index (χ0n) is 10.7. The van der Waals surface area contributed by atoms with Gasteiger partial charge in [0.15, 0.2) is 0 Å². The molecule has 2 N–H and O–H groups in total. The number of nitrogens with zero attached hydrogens (tertiary/aromatic N) is 1. The average Bonchev–Trinajstić information content (AvgIpc) is 3.21. The van der Waals surface area contributed by atoms with Crippen molar-refractivity contribution in [2.75, 3.05) is 26.2 Å². The highest BCUT2D eigenvalue weighted by Gasteiger charge is 2.38. The number of rotatable bonds is 3. The Morgan fingerprint density at radius 3 is 2.63 bits per heavy atom. The van der Waals surface area contributed by atoms with Crippen molar-refractivity contribution in [1.82, 2.24) is 10.2 Å². The summed E-state index contributed by atoms with van der Waals surface area (Å²) in [5.74, 6) is 1.01. The SMILES string of the molecule is Oc1c(Br)cc(Cl)cc1[C@H](C1CC1)N1CCNCC1. The molecule has 0 amide bonds. The average molecular weight is 346 g/mol. The molecule has 2 fully saturated rings. The second kappa shape index (κ2) is 5.60. The minimum absolute atomic E-state index is 0.303. The van der Waals surface area contributed by atoms with E-state index in [-0.39, 0.29) is 0 Å². The summed E-state index contributed by atoms with van der Waals surface area (Å²) in [5, 5.41) is 14.4. The van der Waals surface area contributed by atoms with E-state index >= 15 is 0 Å². The summed E-state index contributed by atoms with van der Waals surface area (Å²) in [6, 6.07) is 3.98. The van der Waals surface area contributed by atoms with Crippen molar-refractivity contribution in [2.45, 2.75) is 18.9 Å². The predicted molar refractivity (Wildman–Crippen MR) is 80.7 cm³/mol. The number of halogens is 2. The van der Waals surface area contributed by atoms with Gasteiger partial charge in [0.2, 0.25) is 0 Å². The molecule has 0 bridgehead atoms. The van der Waals surface area contributed by atoms with Crippen molar-refractivity contribution in [2.24, 2.45) is 5.92 Å². The summed E-state index contributed by atoms with van der Waals surface area (Å²) >= 11 is 9.55. The first kappa shape index (κ1) is 13.7. The van der Waals surface area contributed by atoms with Crippen LogP contribution < -0.4 is 5.32 Å². The van der Waals surface area contributed by atoms with E-state index in [1.807, 2.05) is 6.07 Å². The maximum atomic E-state index is 10.4. The van der Waals surface area contributed by atoms with Crippen molar-refractivity contribution in [3.05, 3.63) is 27.2 Å². The highest BCUT2D eigenvalue weighted by atomic mass is 79.9. The van der Waals surface area contributed by atoms with Gasteiger partial charge in [-0.2, -0.15) is 0 Å². The Kier molecular flexibility index (Phi) is 4.03. The lowest BCUT2D eigenvalue weighted by atomic mass is 9.99. The third-order valence-corrected chi connectivity index (χ3v) is 4.81. The predicted octanol–water partition coefficient (Wildman–Crippen LogP) is 3.16. The number of piperazine rings is 1. The van der Waals surface area contributed by atoms with Crippen molar-refractivity contribution in [1.29, 1.82) is 0 Å². The highest BCUT2D eigenvalue weighted by Crippen LogP contribution is 2.48. The maximum absolute atomic E-state index is 10.4. The Morgan fingerprint density at radius 1 is 1.32 bits per heavy atom. The zero-order chi connectivity index (χ0) is 13.4. The van der Waals surface area contributed by atoms with E-state index < -0.39 is 0 Å². The number of benzene rings is 1. The molecule has 0 unspecified atom stereocenters. The number of hydrogen-bond acceptors (Lipinski definition) is 3. The summed E-state index contributed by atoms with van der Waals surface area (Å²) in [5.41, 5.74) is 0.976. The molecule has 19 heavy (non-hydrogen) atoms. The molecule has 0 aromatic heterocycles. The smallest absolute Gasteiger partial charge is 0.134 e. The van der Waals surface area contributed by atoms with E-state index in [1.165, 1.54) is 12.8 Å². The van der Waals surface area contributed by atoms with Crippen molar-refractivity contribution in [3.8, 4) is 5.75 Å². The Morgan fingerprint density at radius 2 is 2.00 bits per heavy atom. The van der Waals surface area contributed by atoms with Crippen LogP contribution in [0.4, 0.5) is 0 Å². The summed E-state index contributed by atoms with van der Waals surface area (Å²) < 4.78 is 0.691.